The van der Waals surface area contributed by atoms with Crippen molar-refractivity contribution in [3.63, 3.8) is 0 Å². The normalized spacial score (nSPS) is 27.7. The quantitative estimate of drug-likeness (QED) is 0.877. The number of halogens is 1. The highest BCUT2D eigenvalue weighted by Crippen LogP contribution is 2.26. The molecule has 1 aromatic rings. The smallest absolute Gasteiger partial charge is 0.270 e. The molecule has 0 spiro atoms. The molecule has 2 aliphatic rings. The van der Waals surface area contributed by atoms with Crippen LogP contribution in [0.1, 0.15) is 42.6 Å². The van der Waals surface area contributed by atoms with Crippen molar-refractivity contribution >= 4 is 21.8 Å². The van der Waals surface area contributed by atoms with E-state index in [0.717, 1.165) is 30.4 Å². The van der Waals surface area contributed by atoms with Crippen LogP contribution in [0.4, 0.5) is 0 Å². The number of hydrogen-bond acceptors (Lipinski definition) is 2. The molecular formula is C14H20BrN3O. The minimum absolute atomic E-state index is 0.143. The van der Waals surface area contributed by atoms with Gasteiger partial charge in [-0.3, -0.25) is 4.79 Å². The third-order valence-electron chi connectivity index (χ3n) is 4.25. The number of H-pyrrole nitrogens is 1. The highest BCUT2D eigenvalue weighted by molar-refractivity contribution is 9.10. The van der Waals surface area contributed by atoms with Crippen molar-refractivity contribution in [3.8, 4) is 0 Å². The molecule has 2 aliphatic heterocycles. The summed E-state index contributed by atoms with van der Waals surface area (Å²) in [5, 5.41) is 3.55. The maximum absolute atomic E-state index is 12.6. The lowest BCUT2D eigenvalue weighted by Gasteiger charge is -2.39. The van der Waals surface area contributed by atoms with Crippen LogP contribution in [-0.2, 0) is 0 Å². The highest BCUT2D eigenvalue weighted by atomic mass is 79.9. The van der Waals surface area contributed by atoms with Crippen molar-refractivity contribution < 1.29 is 4.79 Å². The zero-order chi connectivity index (χ0) is 13.2. The fraction of sp³-hybridized carbons (Fsp3) is 0.643. The zero-order valence-electron chi connectivity index (χ0n) is 11.0. The van der Waals surface area contributed by atoms with Gasteiger partial charge in [0.25, 0.3) is 5.91 Å². The number of nitrogens with one attached hydrogen (secondary N) is 2. The second kappa shape index (κ2) is 5.67. The lowest BCUT2D eigenvalue weighted by Crippen LogP contribution is -2.52. The number of aromatic amines is 1. The van der Waals surface area contributed by atoms with Gasteiger partial charge >= 0.3 is 0 Å². The van der Waals surface area contributed by atoms with Gasteiger partial charge < -0.3 is 15.2 Å². The van der Waals surface area contributed by atoms with Gasteiger partial charge in [0.15, 0.2) is 0 Å². The second-order valence-corrected chi connectivity index (χ2v) is 6.41. The first-order valence-electron chi connectivity index (χ1n) is 7.14. The molecule has 5 heteroatoms. The molecular weight excluding hydrogens is 306 g/mol. The minimum Gasteiger partial charge on any atom is -0.356 e. The maximum atomic E-state index is 12.6. The molecule has 2 unspecified atom stereocenters. The predicted octanol–water partition coefficient (Wildman–Crippen LogP) is 2.52. The van der Waals surface area contributed by atoms with Crippen molar-refractivity contribution in [2.45, 2.75) is 44.2 Å². The molecule has 1 amide bonds. The topological polar surface area (TPSA) is 48.1 Å². The van der Waals surface area contributed by atoms with E-state index in [9.17, 15) is 4.79 Å². The number of piperidine rings is 1. The van der Waals surface area contributed by atoms with E-state index in [0.29, 0.717) is 17.8 Å². The Morgan fingerprint density at radius 1 is 1.32 bits per heavy atom. The molecule has 0 aliphatic carbocycles. The van der Waals surface area contributed by atoms with Crippen LogP contribution in [0.3, 0.4) is 0 Å². The molecule has 0 aromatic carbocycles. The number of likely N-dealkylation sites (tertiary alicyclic amines) is 1. The third kappa shape index (κ3) is 2.72. The molecule has 1 aromatic heterocycles. The van der Waals surface area contributed by atoms with Gasteiger partial charge in [0.1, 0.15) is 5.69 Å². The molecule has 2 saturated heterocycles. The molecule has 104 valence electrons. The van der Waals surface area contributed by atoms with Crippen LogP contribution < -0.4 is 5.32 Å². The Kier molecular flexibility index (Phi) is 3.93. The van der Waals surface area contributed by atoms with Gasteiger partial charge in [-0.15, -0.1) is 0 Å². The van der Waals surface area contributed by atoms with Gasteiger partial charge in [0, 0.05) is 29.3 Å². The van der Waals surface area contributed by atoms with Crippen LogP contribution >= 0.6 is 15.9 Å². The van der Waals surface area contributed by atoms with E-state index in [4.69, 9.17) is 0 Å². The summed E-state index contributed by atoms with van der Waals surface area (Å²) in [5.41, 5.74) is 0.691. The summed E-state index contributed by atoms with van der Waals surface area (Å²) in [6.45, 7) is 1.98. The Morgan fingerprint density at radius 2 is 2.21 bits per heavy atom. The number of aromatic nitrogens is 1. The van der Waals surface area contributed by atoms with E-state index in [2.05, 4.69) is 31.1 Å². The van der Waals surface area contributed by atoms with Crippen LogP contribution in [0.25, 0.3) is 0 Å². The van der Waals surface area contributed by atoms with Gasteiger partial charge in [-0.05, 0) is 60.6 Å². The second-order valence-electron chi connectivity index (χ2n) is 5.50. The van der Waals surface area contributed by atoms with Gasteiger partial charge in [0.05, 0.1) is 0 Å². The Labute approximate surface area is 122 Å². The van der Waals surface area contributed by atoms with Crippen LogP contribution in [0.2, 0.25) is 0 Å². The largest absolute Gasteiger partial charge is 0.356 e. The van der Waals surface area contributed by atoms with Gasteiger partial charge in [0.2, 0.25) is 0 Å². The van der Waals surface area contributed by atoms with Crippen LogP contribution in [0.5, 0.6) is 0 Å². The lowest BCUT2D eigenvalue weighted by molar-refractivity contribution is 0.0558. The molecule has 2 atom stereocenters. The van der Waals surface area contributed by atoms with E-state index >= 15 is 0 Å². The summed E-state index contributed by atoms with van der Waals surface area (Å²) in [4.78, 5) is 17.8. The zero-order valence-corrected chi connectivity index (χ0v) is 12.6. The molecule has 0 radical (unpaired) electrons. The lowest BCUT2D eigenvalue weighted by atomic mass is 9.94. The van der Waals surface area contributed by atoms with E-state index in [-0.39, 0.29) is 5.91 Å². The fourth-order valence-corrected chi connectivity index (χ4v) is 3.66. The van der Waals surface area contributed by atoms with Crippen LogP contribution in [0.15, 0.2) is 16.7 Å². The molecule has 3 rings (SSSR count). The number of hydrogen-bond donors (Lipinski definition) is 2. The van der Waals surface area contributed by atoms with E-state index < -0.39 is 0 Å². The number of amides is 1. The molecule has 19 heavy (non-hydrogen) atoms. The Bertz CT molecular complexity index is 453. The van der Waals surface area contributed by atoms with E-state index in [1.807, 2.05) is 12.3 Å². The molecule has 2 N–H and O–H groups in total. The van der Waals surface area contributed by atoms with Gasteiger partial charge in [-0.1, -0.05) is 0 Å². The number of nitrogens with zero attached hydrogens (tertiary/aromatic N) is 1. The molecule has 0 saturated carbocycles. The Morgan fingerprint density at radius 3 is 2.89 bits per heavy atom. The van der Waals surface area contributed by atoms with Gasteiger partial charge in [-0.2, -0.15) is 0 Å². The van der Waals surface area contributed by atoms with E-state index in [1.54, 1.807) is 0 Å². The summed E-state index contributed by atoms with van der Waals surface area (Å²) < 4.78 is 0.934. The molecule has 3 heterocycles. The van der Waals surface area contributed by atoms with E-state index in [1.165, 1.54) is 19.3 Å². The van der Waals surface area contributed by atoms with Crippen molar-refractivity contribution in [2.24, 2.45) is 0 Å². The van der Waals surface area contributed by atoms with Crippen molar-refractivity contribution in [3.05, 3.63) is 22.4 Å². The average Bonchev–Trinajstić information content (AvgIpc) is 3.09. The fourth-order valence-electron chi connectivity index (χ4n) is 3.31. The summed E-state index contributed by atoms with van der Waals surface area (Å²) in [6, 6.07) is 2.73. The number of carbonyl (C=O) groups excluding carboxylic acids is 1. The third-order valence-corrected chi connectivity index (χ3v) is 4.71. The molecule has 2 fully saturated rings. The molecule has 4 nitrogen and oxygen atoms in total. The summed E-state index contributed by atoms with van der Waals surface area (Å²) in [6.07, 6.45) is 7.74. The first kappa shape index (κ1) is 13.2. The Balaban J connectivity index is 1.77. The minimum atomic E-state index is 0.143. The monoisotopic (exact) mass is 325 g/mol. The SMILES string of the molecule is O=C(c1cc(Br)c[nH]1)N1CCCCC1C1CCCN1. The van der Waals surface area contributed by atoms with Crippen molar-refractivity contribution in [1.29, 1.82) is 0 Å². The summed E-state index contributed by atoms with van der Waals surface area (Å²) >= 11 is 3.39. The van der Waals surface area contributed by atoms with Crippen molar-refractivity contribution in [2.75, 3.05) is 13.1 Å². The van der Waals surface area contributed by atoms with Crippen LogP contribution in [-0.4, -0.2) is 41.0 Å². The highest BCUT2D eigenvalue weighted by Gasteiger charge is 2.34. The summed E-state index contributed by atoms with van der Waals surface area (Å²) in [5.74, 6) is 0.143. The van der Waals surface area contributed by atoms with Gasteiger partial charge in [-0.25, -0.2) is 0 Å². The van der Waals surface area contributed by atoms with Crippen molar-refractivity contribution in [1.82, 2.24) is 15.2 Å². The van der Waals surface area contributed by atoms with Crippen LogP contribution in [0, 0.1) is 0 Å². The molecule has 0 bridgehead atoms. The number of carbonyl (C=O) groups is 1. The predicted molar refractivity (Wildman–Crippen MR) is 78.2 cm³/mol. The first-order chi connectivity index (χ1) is 9.25. The standard InChI is InChI=1S/C14H20BrN3O/c15-10-8-12(17-9-10)14(19)18-7-2-1-5-13(18)11-4-3-6-16-11/h8-9,11,13,16-17H,1-7H2. The Hall–Kier alpha value is -0.810. The summed E-state index contributed by atoms with van der Waals surface area (Å²) in [7, 11) is 0. The average molecular weight is 326 g/mol. The maximum Gasteiger partial charge on any atom is 0.270 e. The first-order valence-corrected chi connectivity index (χ1v) is 7.93. The number of rotatable bonds is 2.